The van der Waals surface area contributed by atoms with Gasteiger partial charge in [0.15, 0.2) is 0 Å². The second-order valence-corrected chi connectivity index (χ2v) is 4.95. The summed E-state index contributed by atoms with van der Waals surface area (Å²) in [6.07, 6.45) is 1.15. The third-order valence-corrected chi connectivity index (χ3v) is 3.29. The Morgan fingerprint density at radius 1 is 1.29 bits per heavy atom. The molecule has 0 radical (unpaired) electrons. The van der Waals surface area contributed by atoms with Crippen molar-refractivity contribution < 1.29 is 0 Å². The number of fused-ring (bicyclic) bond motifs is 1. The predicted octanol–water partition coefficient (Wildman–Crippen LogP) is 3.42. The third kappa shape index (κ3) is 3.27. The van der Waals surface area contributed by atoms with Gasteiger partial charge in [0.2, 0.25) is 0 Å². The number of alkyl halides is 1. The molecule has 0 atom stereocenters. The van der Waals surface area contributed by atoms with E-state index < -0.39 is 0 Å². The van der Waals surface area contributed by atoms with Crippen molar-refractivity contribution >= 4 is 26.8 Å². The van der Waals surface area contributed by atoms with E-state index in [2.05, 4.69) is 57.4 Å². The quantitative estimate of drug-likeness (QED) is 0.675. The zero-order chi connectivity index (χ0) is 12.1. The molecular formula is C14H17BrN2. The Labute approximate surface area is 111 Å². The first kappa shape index (κ1) is 12.5. The van der Waals surface area contributed by atoms with Crippen molar-refractivity contribution in [3.63, 3.8) is 0 Å². The normalized spacial score (nSPS) is 10.9. The van der Waals surface area contributed by atoms with Gasteiger partial charge in [0, 0.05) is 23.0 Å². The zero-order valence-corrected chi connectivity index (χ0v) is 11.6. The molecule has 0 spiro atoms. The van der Waals surface area contributed by atoms with Crippen molar-refractivity contribution in [1.82, 2.24) is 10.3 Å². The summed E-state index contributed by atoms with van der Waals surface area (Å²) in [4.78, 5) is 4.55. The summed E-state index contributed by atoms with van der Waals surface area (Å²) in [5.41, 5.74) is 3.51. The van der Waals surface area contributed by atoms with Crippen LogP contribution in [0.25, 0.3) is 10.9 Å². The summed E-state index contributed by atoms with van der Waals surface area (Å²) in [5.74, 6) is 0. The number of nitrogens with zero attached hydrogens (tertiary/aromatic N) is 1. The minimum Gasteiger partial charge on any atom is -0.313 e. The number of benzene rings is 1. The second kappa shape index (κ2) is 6.12. The van der Waals surface area contributed by atoms with Crippen LogP contribution >= 0.6 is 15.9 Å². The van der Waals surface area contributed by atoms with Gasteiger partial charge in [0.25, 0.3) is 0 Å². The molecule has 1 aromatic carbocycles. The number of pyridine rings is 1. The van der Waals surface area contributed by atoms with E-state index in [1.54, 1.807) is 0 Å². The van der Waals surface area contributed by atoms with Crippen molar-refractivity contribution in [3.8, 4) is 0 Å². The van der Waals surface area contributed by atoms with Crippen molar-refractivity contribution in [2.75, 3.05) is 11.9 Å². The Morgan fingerprint density at radius 2 is 2.12 bits per heavy atom. The molecule has 0 unspecified atom stereocenters. The lowest BCUT2D eigenvalue weighted by Gasteiger charge is -2.08. The lowest BCUT2D eigenvalue weighted by Crippen LogP contribution is -2.15. The summed E-state index contributed by atoms with van der Waals surface area (Å²) in [6.45, 7) is 4.01. The van der Waals surface area contributed by atoms with E-state index >= 15 is 0 Å². The molecule has 90 valence electrons. The number of rotatable bonds is 5. The van der Waals surface area contributed by atoms with Gasteiger partial charge in [0.1, 0.15) is 0 Å². The van der Waals surface area contributed by atoms with Gasteiger partial charge >= 0.3 is 0 Å². The van der Waals surface area contributed by atoms with Crippen LogP contribution in [0.3, 0.4) is 0 Å². The molecule has 2 rings (SSSR count). The first-order chi connectivity index (χ1) is 8.31. The predicted molar refractivity (Wildman–Crippen MR) is 76.6 cm³/mol. The van der Waals surface area contributed by atoms with E-state index in [0.29, 0.717) is 0 Å². The molecule has 0 fully saturated rings. The first-order valence-electron chi connectivity index (χ1n) is 5.93. The van der Waals surface area contributed by atoms with Gasteiger partial charge in [-0.15, -0.1) is 0 Å². The average molecular weight is 293 g/mol. The van der Waals surface area contributed by atoms with Crippen LogP contribution < -0.4 is 5.32 Å². The number of nitrogens with one attached hydrogen (secondary N) is 1. The number of hydrogen-bond acceptors (Lipinski definition) is 2. The largest absolute Gasteiger partial charge is 0.313 e. The molecular weight excluding hydrogens is 276 g/mol. The second-order valence-electron chi connectivity index (χ2n) is 4.16. The number of hydrogen-bond donors (Lipinski definition) is 1. The molecule has 2 nitrogen and oxygen atoms in total. The topological polar surface area (TPSA) is 24.9 Å². The van der Waals surface area contributed by atoms with E-state index in [0.717, 1.165) is 36.1 Å². The molecule has 0 amide bonds. The zero-order valence-electron chi connectivity index (χ0n) is 10.0. The van der Waals surface area contributed by atoms with Gasteiger partial charge in [0.05, 0.1) is 5.52 Å². The Hall–Kier alpha value is -0.930. The fourth-order valence-electron chi connectivity index (χ4n) is 1.96. The average Bonchev–Trinajstić information content (AvgIpc) is 2.34. The third-order valence-electron chi connectivity index (χ3n) is 2.73. The van der Waals surface area contributed by atoms with Crippen molar-refractivity contribution in [2.45, 2.75) is 19.9 Å². The fraction of sp³-hybridized carbons (Fsp3) is 0.357. The maximum Gasteiger partial charge on any atom is 0.0708 e. The lowest BCUT2D eigenvalue weighted by molar-refractivity contribution is 0.682. The number of aromatic nitrogens is 1. The van der Waals surface area contributed by atoms with Gasteiger partial charge in [-0.25, -0.2) is 0 Å². The standard InChI is InChI=1S/C14H17BrN2/c1-11-9-12(10-16-8-4-7-15)13-5-2-3-6-14(13)17-11/h2-3,5-6,9,16H,4,7-8,10H2,1H3. The Balaban J connectivity index is 2.20. The fourth-order valence-corrected chi connectivity index (χ4v) is 2.24. The molecule has 0 aliphatic carbocycles. The van der Waals surface area contributed by atoms with Gasteiger partial charge in [-0.1, -0.05) is 34.1 Å². The highest BCUT2D eigenvalue weighted by atomic mass is 79.9. The minimum atomic E-state index is 0.914. The highest BCUT2D eigenvalue weighted by Gasteiger charge is 2.02. The SMILES string of the molecule is Cc1cc(CNCCCBr)c2ccccc2n1. The molecule has 17 heavy (non-hydrogen) atoms. The van der Waals surface area contributed by atoms with Gasteiger partial charge < -0.3 is 5.32 Å². The van der Waals surface area contributed by atoms with Crippen LogP contribution in [-0.2, 0) is 6.54 Å². The van der Waals surface area contributed by atoms with E-state index in [9.17, 15) is 0 Å². The molecule has 1 aromatic heterocycles. The van der Waals surface area contributed by atoms with Crippen LogP contribution in [0.2, 0.25) is 0 Å². The van der Waals surface area contributed by atoms with E-state index in [1.165, 1.54) is 10.9 Å². The minimum absolute atomic E-state index is 0.914. The molecule has 0 aliphatic rings. The van der Waals surface area contributed by atoms with Crippen LogP contribution in [0.4, 0.5) is 0 Å². The molecule has 3 heteroatoms. The first-order valence-corrected chi connectivity index (χ1v) is 7.05. The van der Waals surface area contributed by atoms with Crippen LogP contribution in [0, 0.1) is 6.92 Å². The summed E-state index contributed by atoms with van der Waals surface area (Å²) in [6, 6.07) is 10.5. The Morgan fingerprint density at radius 3 is 2.94 bits per heavy atom. The molecule has 2 aromatic rings. The van der Waals surface area contributed by atoms with Crippen molar-refractivity contribution in [2.24, 2.45) is 0 Å². The van der Waals surface area contributed by atoms with Crippen LogP contribution in [0.15, 0.2) is 30.3 Å². The summed E-state index contributed by atoms with van der Waals surface area (Å²) >= 11 is 3.44. The highest BCUT2D eigenvalue weighted by Crippen LogP contribution is 2.17. The molecule has 1 N–H and O–H groups in total. The lowest BCUT2D eigenvalue weighted by atomic mass is 10.1. The summed E-state index contributed by atoms with van der Waals surface area (Å²) < 4.78 is 0. The maximum atomic E-state index is 4.55. The number of para-hydroxylation sites is 1. The van der Waals surface area contributed by atoms with E-state index in [1.807, 2.05) is 6.07 Å². The highest BCUT2D eigenvalue weighted by molar-refractivity contribution is 9.09. The Bertz CT molecular complexity index is 497. The molecule has 0 aliphatic heterocycles. The maximum absolute atomic E-state index is 4.55. The monoisotopic (exact) mass is 292 g/mol. The van der Waals surface area contributed by atoms with Crippen molar-refractivity contribution in [3.05, 3.63) is 41.6 Å². The van der Waals surface area contributed by atoms with Crippen LogP contribution in [0.1, 0.15) is 17.7 Å². The molecule has 0 saturated carbocycles. The molecule has 1 heterocycles. The molecule has 0 saturated heterocycles. The van der Waals surface area contributed by atoms with E-state index in [-0.39, 0.29) is 0 Å². The molecule has 0 bridgehead atoms. The number of aryl methyl sites for hydroxylation is 1. The van der Waals surface area contributed by atoms with Crippen LogP contribution in [-0.4, -0.2) is 16.9 Å². The van der Waals surface area contributed by atoms with Crippen molar-refractivity contribution in [1.29, 1.82) is 0 Å². The number of halogens is 1. The van der Waals surface area contributed by atoms with Crippen LogP contribution in [0.5, 0.6) is 0 Å². The summed E-state index contributed by atoms with van der Waals surface area (Å²) in [7, 11) is 0. The smallest absolute Gasteiger partial charge is 0.0708 e. The van der Waals surface area contributed by atoms with Gasteiger partial charge in [-0.3, -0.25) is 4.98 Å². The Kier molecular flexibility index (Phi) is 4.51. The van der Waals surface area contributed by atoms with E-state index in [4.69, 9.17) is 0 Å². The summed E-state index contributed by atoms with van der Waals surface area (Å²) in [5, 5.41) is 5.77. The van der Waals surface area contributed by atoms with Gasteiger partial charge in [-0.2, -0.15) is 0 Å². The van der Waals surface area contributed by atoms with Gasteiger partial charge in [-0.05, 0) is 37.6 Å².